The van der Waals surface area contributed by atoms with Crippen LogP contribution in [0.5, 0.6) is 0 Å². The Kier molecular flexibility index (Phi) is 6.62. The quantitative estimate of drug-likeness (QED) is 0.407. The van der Waals surface area contributed by atoms with Crippen LogP contribution < -0.4 is 10.7 Å². The SMILES string of the molecule is CC(C)C1CNCCN1NC=N.I. The molecule has 0 aliphatic carbocycles. The number of nitrogens with zero attached hydrogens (tertiary/aromatic N) is 1. The smallest absolute Gasteiger partial charge is 0.0936 e. The molecule has 0 bridgehead atoms. The van der Waals surface area contributed by atoms with Crippen molar-refractivity contribution in [1.29, 1.82) is 5.41 Å². The monoisotopic (exact) mass is 298 g/mol. The highest BCUT2D eigenvalue weighted by Crippen LogP contribution is 2.09. The first kappa shape index (κ1) is 13.1. The predicted molar refractivity (Wildman–Crippen MR) is 65.5 cm³/mol. The molecule has 1 rings (SSSR count). The van der Waals surface area contributed by atoms with Crippen molar-refractivity contribution in [3.05, 3.63) is 0 Å². The van der Waals surface area contributed by atoms with Crippen LogP contribution >= 0.6 is 24.0 Å². The maximum Gasteiger partial charge on any atom is 0.0936 e. The Bertz CT molecular complexity index is 151. The maximum atomic E-state index is 6.97. The molecule has 0 aromatic carbocycles. The summed E-state index contributed by atoms with van der Waals surface area (Å²) in [6.07, 6.45) is 1.25. The summed E-state index contributed by atoms with van der Waals surface area (Å²) >= 11 is 0. The van der Waals surface area contributed by atoms with Crippen molar-refractivity contribution in [2.75, 3.05) is 19.6 Å². The Morgan fingerprint density at radius 2 is 2.31 bits per heavy atom. The molecule has 1 heterocycles. The summed E-state index contributed by atoms with van der Waals surface area (Å²) in [4.78, 5) is 0. The van der Waals surface area contributed by atoms with E-state index in [1.54, 1.807) is 0 Å². The van der Waals surface area contributed by atoms with E-state index in [0.717, 1.165) is 19.6 Å². The van der Waals surface area contributed by atoms with E-state index in [2.05, 4.69) is 29.6 Å². The zero-order chi connectivity index (χ0) is 8.97. The highest BCUT2D eigenvalue weighted by Gasteiger charge is 2.23. The fraction of sp³-hybridized carbons (Fsp3) is 0.875. The van der Waals surface area contributed by atoms with Gasteiger partial charge >= 0.3 is 0 Å². The first-order valence-electron chi connectivity index (χ1n) is 4.48. The van der Waals surface area contributed by atoms with Gasteiger partial charge in [-0.2, -0.15) is 0 Å². The summed E-state index contributed by atoms with van der Waals surface area (Å²) in [5.41, 5.74) is 2.95. The van der Waals surface area contributed by atoms with Crippen LogP contribution in [-0.4, -0.2) is 37.0 Å². The van der Waals surface area contributed by atoms with Crippen molar-refractivity contribution in [3.63, 3.8) is 0 Å². The van der Waals surface area contributed by atoms with E-state index in [4.69, 9.17) is 5.41 Å². The van der Waals surface area contributed by atoms with Crippen LogP contribution in [0.4, 0.5) is 0 Å². The largest absolute Gasteiger partial charge is 0.314 e. The highest BCUT2D eigenvalue weighted by molar-refractivity contribution is 14.0. The Hall–Kier alpha value is 0.120. The van der Waals surface area contributed by atoms with Crippen LogP contribution in [0.2, 0.25) is 0 Å². The molecule has 1 atom stereocenters. The lowest BCUT2D eigenvalue weighted by Crippen LogP contribution is -2.58. The molecule has 1 aliphatic heterocycles. The molecule has 13 heavy (non-hydrogen) atoms. The van der Waals surface area contributed by atoms with Gasteiger partial charge in [-0.3, -0.25) is 5.41 Å². The fourth-order valence-corrected chi connectivity index (χ4v) is 1.56. The van der Waals surface area contributed by atoms with Crippen molar-refractivity contribution in [1.82, 2.24) is 15.8 Å². The Morgan fingerprint density at radius 1 is 1.62 bits per heavy atom. The van der Waals surface area contributed by atoms with Crippen LogP contribution in [0.25, 0.3) is 0 Å². The molecule has 4 nitrogen and oxygen atoms in total. The summed E-state index contributed by atoms with van der Waals surface area (Å²) in [5, 5.41) is 12.5. The molecular weight excluding hydrogens is 279 g/mol. The zero-order valence-electron chi connectivity index (χ0n) is 8.21. The van der Waals surface area contributed by atoms with E-state index in [9.17, 15) is 0 Å². The van der Waals surface area contributed by atoms with E-state index >= 15 is 0 Å². The van der Waals surface area contributed by atoms with Crippen molar-refractivity contribution in [2.45, 2.75) is 19.9 Å². The Morgan fingerprint density at radius 3 is 2.85 bits per heavy atom. The lowest BCUT2D eigenvalue weighted by Gasteiger charge is -2.37. The van der Waals surface area contributed by atoms with Crippen molar-refractivity contribution < 1.29 is 0 Å². The molecule has 1 unspecified atom stereocenters. The molecule has 0 radical (unpaired) electrons. The first-order chi connectivity index (χ1) is 5.75. The lowest BCUT2D eigenvalue weighted by molar-refractivity contribution is 0.0982. The fourth-order valence-electron chi connectivity index (χ4n) is 1.56. The maximum absolute atomic E-state index is 6.97. The van der Waals surface area contributed by atoms with Crippen LogP contribution in [0, 0.1) is 11.3 Å². The van der Waals surface area contributed by atoms with Crippen LogP contribution in [0.1, 0.15) is 13.8 Å². The number of hydrogen-bond acceptors (Lipinski definition) is 3. The second-order valence-electron chi connectivity index (χ2n) is 3.48. The van der Waals surface area contributed by atoms with Gasteiger partial charge in [0.1, 0.15) is 0 Å². The van der Waals surface area contributed by atoms with Gasteiger partial charge in [-0.1, -0.05) is 13.8 Å². The summed E-state index contributed by atoms with van der Waals surface area (Å²) in [7, 11) is 0. The number of piperazine rings is 1. The second kappa shape index (κ2) is 6.56. The number of rotatable bonds is 3. The van der Waals surface area contributed by atoms with Crippen LogP contribution in [0.3, 0.4) is 0 Å². The number of nitrogens with one attached hydrogen (secondary N) is 3. The number of hydrazine groups is 1. The summed E-state index contributed by atoms with van der Waals surface area (Å²) in [6, 6.07) is 0.500. The first-order valence-corrected chi connectivity index (χ1v) is 4.48. The minimum absolute atomic E-state index is 0. The Labute approximate surface area is 96.9 Å². The van der Waals surface area contributed by atoms with Gasteiger partial charge in [-0.15, -0.1) is 24.0 Å². The molecule has 78 valence electrons. The molecule has 1 fully saturated rings. The normalized spacial score (nSPS) is 23.8. The molecule has 1 saturated heterocycles. The highest BCUT2D eigenvalue weighted by atomic mass is 127. The lowest BCUT2D eigenvalue weighted by atomic mass is 10.0. The van der Waals surface area contributed by atoms with E-state index in [1.165, 1.54) is 6.34 Å². The van der Waals surface area contributed by atoms with E-state index in [1.807, 2.05) is 0 Å². The molecule has 3 N–H and O–H groups in total. The Balaban J connectivity index is 0.00000144. The van der Waals surface area contributed by atoms with Gasteiger partial charge in [0.2, 0.25) is 0 Å². The minimum Gasteiger partial charge on any atom is -0.314 e. The van der Waals surface area contributed by atoms with Gasteiger partial charge in [0, 0.05) is 25.7 Å². The van der Waals surface area contributed by atoms with Crippen molar-refractivity contribution in [2.24, 2.45) is 5.92 Å². The zero-order valence-corrected chi connectivity index (χ0v) is 10.5. The predicted octanol–water partition coefficient (Wildman–Crippen LogP) is 0.646. The van der Waals surface area contributed by atoms with Gasteiger partial charge in [0.15, 0.2) is 0 Å². The molecule has 1 aliphatic rings. The second-order valence-corrected chi connectivity index (χ2v) is 3.48. The van der Waals surface area contributed by atoms with Gasteiger partial charge in [-0.05, 0) is 5.92 Å². The van der Waals surface area contributed by atoms with Gasteiger partial charge in [0.25, 0.3) is 0 Å². The average Bonchev–Trinajstić information content (AvgIpc) is 2.05. The van der Waals surface area contributed by atoms with Crippen molar-refractivity contribution in [3.8, 4) is 0 Å². The van der Waals surface area contributed by atoms with Crippen LogP contribution in [-0.2, 0) is 0 Å². The third-order valence-electron chi connectivity index (χ3n) is 2.28. The molecule has 0 saturated carbocycles. The topological polar surface area (TPSA) is 51.1 Å². The van der Waals surface area contributed by atoms with Gasteiger partial charge in [-0.25, -0.2) is 5.01 Å². The number of halogens is 1. The molecule has 5 heteroatoms. The molecule has 0 aromatic heterocycles. The summed E-state index contributed by atoms with van der Waals surface area (Å²) in [5.74, 6) is 0.616. The third-order valence-corrected chi connectivity index (χ3v) is 2.28. The summed E-state index contributed by atoms with van der Waals surface area (Å²) < 4.78 is 0. The number of hydrogen-bond donors (Lipinski definition) is 3. The average molecular weight is 298 g/mol. The standard InChI is InChI=1S/C8H18N4.HI/c1-7(2)8-5-10-3-4-12(8)11-6-9;/h6-8,10H,3-5H2,1-2H3,(H2,9,11);1H. The van der Waals surface area contributed by atoms with Gasteiger partial charge < -0.3 is 10.7 Å². The van der Waals surface area contributed by atoms with Crippen molar-refractivity contribution >= 4 is 30.3 Å². The summed E-state index contributed by atoms with van der Waals surface area (Å²) in [6.45, 7) is 7.40. The van der Waals surface area contributed by atoms with E-state index in [-0.39, 0.29) is 24.0 Å². The minimum atomic E-state index is 0. The van der Waals surface area contributed by atoms with E-state index in [0.29, 0.717) is 12.0 Å². The third kappa shape index (κ3) is 3.78. The molecule has 0 aromatic rings. The van der Waals surface area contributed by atoms with Gasteiger partial charge in [0.05, 0.1) is 6.34 Å². The van der Waals surface area contributed by atoms with E-state index < -0.39 is 0 Å². The van der Waals surface area contributed by atoms with Crippen LogP contribution in [0.15, 0.2) is 0 Å². The molecule has 0 amide bonds. The molecular formula is C8H19IN4. The molecule has 0 spiro atoms.